The first-order valence-corrected chi connectivity index (χ1v) is 7.56. The largest absolute Gasteiger partial charge is 0.391 e. The lowest BCUT2D eigenvalue weighted by Crippen LogP contribution is -2.41. The summed E-state index contributed by atoms with van der Waals surface area (Å²) in [5.74, 6) is 1.70. The van der Waals surface area contributed by atoms with Crippen LogP contribution >= 0.6 is 0 Å². The molecule has 1 rings (SSSR count). The second-order valence-electron chi connectivity index (χ2n) is 6.11. The molecule has 0 fully saturated rings. The van der Waals surface area contributed by atoms with Crippen molar-refractivity contribution in [1.29, 1.82) is 0 Å². The zero-order valence-corrected chi connectivity index (χ0v) is 13.5. The van der Waals surface area contributed by atoms with Crippen molar-refractivity contribution >= 4 is 6.03 Å². The molecule has 1 heterocycles. The topological polar surface area (TPSA) is 79.2 Å². The van der Waals surface area contributed by atoms with Crippen molar-refractivity contribution in [2.24, 2.45) is 11.8 Å². The first-order valence-electron chi connectivity index (χ1n) is 7.56. The summed E-state index contributed by atoms with van der Waals surface area (Å²) in [5.41, 5.74) is 0. The highest BCUT2D eigenvalue weighted by atomic mass is 16.3. The second-order valence-corrected chi connectivity index (χ2v) is 6.11. The minimum absolute atomic E-state index is 0.230. The Morgan fingerprint density at radius 3 is 2.57 bits per heavy atom. The van der Waals surface area contributed by atoms with Crippen molar-refractivity contribution in [2.75, 3.05) is 13.1 Å². The molecule has 6 heteroatoms. The van der Waals surface area contributed by atoms with E-state index in [0.29, 0.717) is 31.3 Å². The number of nitrogens with one attached hydrogen (secondary N) is 2. The van der Waals surface area contributed by atoms with Gasteiger partial charge in [0.25, 0.3) is 0 Å². The fourth-order valence-corrected chi connectivity index (χ4v) is 2.16. The summed E-state index contributed by atoms with van der Waals surface area (Å²) in [5, 5.41) is 15.2. The van der Waals surface area contributed by atoms with Gasteiger partial charge in [-0.2, -0.15) is 0 Å². The van der Waals surface area contributed by atoms with Gasteiger partial charge in [0.05, 0.1) is 6.10 Å². The highest BCUT2D eigenvalue weighted by Crippen LogP contribution is 2.04. The number of urea groups is 1. The normalized spacial score (nSPS) is 14.0. The third-order valence-corrected chi connectivity index (χ3v) is 3.28. The smallest absolute Gasteiger partial charge is 0.314 e. The molecule has 0 aliphatic carbocycles. The number of aliphatic hydroxyl groups is 1. The maximum atomic E-state index is 11.7. The molecule has 0 saturated heterocycles. The monoisotopic (exact) mass is 296 g/mol. The number of aromatic nitrogens is 2. The molecule has 0 aliphatic rings. The Balaban J connectivity index is 2.19. The average Bonchev–Trinajstić information content (AvgIpc) is 2.79. The van der Waals surface area contributed by atoms with Gasteiger partial charge < -0.3 is 20.3 Å². The van der Waals surface area contributed by atoms with E-state index in [9.17, 15) is 9.90 Å². The van der Waals surface area contributed by atoms with Crippen LogP contribution in [0.1, 0.15) is 33.0 Å². The van der Waals surface area contributed by atoms with Crippen molar-refractivity contribution < 1.29 is 9.90 Å². The number of imidazole rings is 1. The van der Waals surface area contributed by atoms with Crippen molar-refractivity contribution in [3.8, 4) is 0 Å². The number of aliphatic hydroxyl groups excluding tert-OH is 1. The standard InChI is InChI=1S/C15H28N4O2/c1-11(2)7-14(20)9-18-15(21)17-8-12(3)10-19-6-5-16-13(19)4/h5-6,11-12,14,20H,7-10H2,1-4H3,(H2,17,18,21). The Hall–Kier alpha value is -1.56. The van der Waals surface area contributed by atoms with Gasteiger partial charge >= 0.3 is 6.03 Å². The number of nitrogens with zero attached hydrogens (tertiary/aromatic N) is 2. The Labute approximate surface area is 127 Å². The molecule has 0 aliphatic heterocycles. The number of carbonyl (C=O) groups excluding carboxylic acids is 1. The molecule has 0 spiro atoms. The molecule has 120 valence electrons. The van der Waals surface area contributed by atoms with Crippen molar-refractivity contribution in [3.63, 3.8) is 0 Å². The van der Waals surface area contributed by atoms with Crippen LogP contribution in [0, 0.1) is 18.8 Å². The van der Waals surface area contributed by atoms with Gasteiger partial charge in [0.15, 0.2) is 0 Å². The van der Waals surface area contributed by atoms with Gasteiger partial charge in [0.1, 0.15) is 5.82 Å². The summed E-state index contributed by atoms with van der Waals surface area (Å²) in [6.07, 6.45) is 3.92. The Kier molecular flexibility index (Phi) is 7.22. The van der Waals surface area contributed by atoms with Crippen LogP contribution < -0.4 is 10.6 Å². The third kappa shape index (κ3) is 7.13. The highest BCUT2D eigenvalue weighted by Gasteiger charge is 2.10. The second kappa shape index (κ2) is 8.67. The molecule has 21 heavy (non-hydrogen) atoms. The summed E-state index contributed by atoms with van der Waals surface area (Å²) < 4.78 is 2.07. The van der Waals surface area contributed by atoms with E-state index in [0.717, 1.165) is 12.4 Å². The lowest BCUT2D eigenvalue weighted by atomic mass is 10.1. The van der Waals surface area contributed by atoms with Crippen LogP contribution in [0.25, 0.3) is 0 Å². The lowest BCUT2D eigenvalue weighted by molar-refractivity contribution is 0.146. The summed E-state index contributed by atoms with van der Waals surface area (Å²) >= 11 is 0. The van der Waals surface area contributed by atoms with E-state index < -0.39 is 6.10 Å². The minimum Gasteiger partial charge on any atom is -0.391 e. The van der Waals surface area contributed by atoms with E-state index in [1.54, 1.807) is 6.20 Å². The van der Waals surface area contributed by atoms with Gasteiger partial charge in [-0.15, -0.1) is 0 Å². The first kappa shape index (κ1) is 17.5. The summed E-state index contributed by atoms with van der Waals surface area (Å²) in [6, 6.07) is -0.230. The molecule has 1 aromatic rings. The predicted octanol–water partition coefficient (Wildman–Crippen LogP) is 1.53. The van der Waals surface area contributed by atoms with E-state index in [-0.39, 0.29) is 6.03 Å². The van der Waals surface area contributed by atoms with Crippen LogP contribution in [-0.2, 0) is 6.54 Å². The quantitative estimate of drug-likeness (QED) is 0.681. The minimum atomic E-state index is -0.484. The first-order chi connectivity index (χ1) is 9.88. The molecule has 2 unspecified atom stereocenters. The van der Waals surface area contributed by atoms with Gasteiger partial charge in [-0.25, -0.2) is 9.78 Å². The highest BCUT2D eigenvalue weighted by molar-refractivity contribution is 5.73. The maximum absolute atomic E-state index is 11.7. The maximum Gasteiger partial charge on any atom is 0.314 e. The molecule has 3 N–H and O–H groups in total. The Bertz CT molecular complexity index is 431. The van der Waals surface area contributed by atoms with E-state index in [4.69, 9.17) is 0 Å². The van der Waals surface area contributed by atoms with E-state index in [2.05, 4.69) is 27.1 Å². The average molecular weight is 296 g/mol. The van der Waals surface area contributed by atoms with Crippen molar-refractivity contribution in [3.05, 3.63) is 18.2 Å². The van der Waals surface area contributed by atoms with Crippen molar-refractivity contribution in [2.45, 2.75) is 46.8 Å². The van der Waals surface area contributed by atoms with Gasteiger partial charge in [-0.3, -0.25) is 0 Å². The Morgan fingerprint density at radius 1 is 1.33 bits per heavy atom. The fourth-order valence-electron chi connectivity index (χ4n) is 2.16. The summed E-state index contributed by atoms with van der Waals surface area (Å²) in [7, 11) is 0. The molecule has 0 aromatic carbocycles. The zero-order valence-electron chi connectivity index (χ0n) is 13.5. The molecule has 2 atom stereocenters. The fraction of sp³-hybridized carbons (Fsp3) is 0.733. The number of rotatable bonds is 8. The molecular formula is C15H28N4O2. The Morgan fingerprint density at radius 2 is 2.00 bits per heavy atom. The van der Waals surface area contributed by atoms with Gasteiger partial charge in [-0.1, -0.05) is 20.8 Å². The summed E-state index contributed by atoms with van der Waals surface area (Å²) in [6.45, 7) is 9.83. The molecule has 6 nitrogen and oxygen atoms in total. The number of hydrogen-bond donors (Lipinski definition) is 3. The van der Waals surface area contributed by atoms with Crippen LogP contribution in [0.5, 0.6) is 0 Å². The van der Waals surface area contributed by atoms with Crippen LogP contribution in [0.4, 0.5) is 4.79 Å². The van der Waals surface area contributed by atoms with E-state index >= 15 is 0 Å². The number of hydrogen-bond acceptors (Lipinski definition) is 3. The van der Waals surface area contributed by atoms with E-state index in [1.165, 1.54) is 0 Å². The molecule has 1 aromatic heterocycles. The number of amides is 2. The predicted molar refractivity (Wildman–Crippen MR) is 83.0 cm³/mol. The molecule has 0 radical (unpaired) electrons. The third-order valence-electron chi connectivity index (χ3n) is 3.28. The van der Waals surface area contributed by atoms with Crippen LogP contribution in [0.2, 0.25) is 0 Å². The van der Waals surface area contributed by atoms with Crippen molar-refractivity contribution in [1.82, 2.24) is 20.2 Å². The van der Waals surface area contributed by atoms with Crippen LogP contribution in [0.3, 0.4) is 0 Å². The number of carbonyl (C=O) groups is 1. The summed E-state index contributed by atoms with van der Waals surface area (Å²) in [4.78, 5) is 15.8. The molecule has 0 saturated carbocycles. The van der Waals surface area contributed by atoms with Crippen LogP contribution in [-0.4, -0.2) is 39.9 Å². The molecular weight excluding hydrogens is 268 g/mol. The van der Waals surface area contributed by atoms with E-state index in [1.807, 2.05) is 27.0 Å². The van der Waals surface area contributed by atoms with Gasteiger partial charge in [-0.05, 0) is 25.2 Å². The van der Waals surface area contributed by atoms with Gasteiger partial charge in [0.2, 0.25) is 0 Å². The van der Waals surface area contributed by atoms with Gasteiger partial charge in [0, 0.05) is 32.0 Å². The van der Waals surface area contributed by atoms with Crippen LogP contribution in [0.15, 0.2) is 12.4 Å². The lowest BCUT2D eigenvalue weighted by Gasteiger charge is -2.16. The molecule has 0 bridgehead atoms. The SMILES string of the molecule is Cc1nccn1CC(C)CNC(=O)NCC(O)CC(C)C. The zero-order chi connectivity index (χ0) is 15.8. The number of aryl methyl sites for hydroxylation is 1. The molecule has 2 amide bonds.